The molecule has 0 bridgehead atoms. The van der Waals surface area contributed by atoms with Gasteiger partial charge in [0.2, 0.25) is 5.89 Å². The monoisotopic (exact) mass is 542 g/mol. The van der Waals surface area contributed by atoms with Gasteiger partial charge in [-0.25, -0.2) is 19.9 Å². The molecule has 39 heavy (non-hydrogen) atoms. The number of fused-ring (bicyclic) bond motifs is 1. The number of pyridine rings is 1. The highest BCUT2D eigenvalue weighted by Gasteiger charge is 2.41. The van der Waals surface area contributed by atoms with Gasteiger partial charge in [0.25, 0.3) is 5.91 Å². The molecule has 1 saturated heterocycles. The minimum Gasteiger partial charge on any atom is -0.494 e. The van der Waals surface area contributed by atoms with E-state index >= 15 is 0 Å². The number of likely N-dealkylation sites (tertiary alicyclic amines) is 1. The van der Waals surface area contributed by atoms with Crippen LogP contribution in [0.3, 0.4) is 0 Å². The van der Waals surface area contributed by atoms with E-state index in [1.807, 2.05) is 0 Å². The largest absolute Gasteiger partial charge is 0.494 e. The van der Waals surface area contributed by atoms with E-state index in [9.17, 15) is 18.0 Å². The van der Waals surface area contributed by atoms with Gasteiger partial charge in [0.1, 0.15) is 22.6 Å². The Bertz CT molecular complexity index is 1500. The number of hydrogen-bond acceptors (Lipinski definition) is 9. The van der Waals surface area contributed by atoms with Crippen LogP contribution in [-0.2, 0) is 23.1 Å². The topological polar surface area (TPSA) is 129 Å². The number of nitrogens with two attached hydrogens (primary N) is 1. The molecule has 1 amide bonds. The number of halogens is 3. The molecule has 3 aromatic heterocycles. The number of aromatic nitrogens is 4. The molecule has 0 aliphatic carbocycles. The average molecular weight is 543 g/mol. The number of methoxy groups -OCH3 is 2. The Morgan fingerprint density at radius 2 is 1.82 bits per heavy atom. The fourth-order valence-electron chi connectivity index (χ4n) is 4.75. The van der Waals surface area contributed by atoms with Crippen LogP contribution in [0.5, 0.6) is 5.75 Å². The van der Waals surface area contributed by atoms with Crippen molar-refractivity contribution < 1.29 is 31.9 Å². The van der Waals surface area contributed by atoms with Crippen LogP contribution in [0, 0.1) is 0 Å². The average Bonchev–Trinajstić information content (AvgIpc) is 3.40. The van der Waals surface area contributed by atoms with Crippen molar-refractivity contribution in [3.8, 4) is 17.2 Å². The normalized spacial score (nSPS) is 15.5. The molecule has 1 aliphatic rings. The second-order valence-corrected chi connectivity index (χ2v) is 8.96. The zero-order valence-electron chi connectivity index (χ0n) is 21.2. The number of benzene rings is 1. The highest BCUT2D eigenvalue weighted by atomic mass is 19.4. The Balaban J connectivity index is 1.46. The summed E-state index contributed by atoms with van der Waals surface area (Å²) in [4.78, 5) is 32.0. The highest BCUT2D eigenvalue weighted by molar-refractivity contribution is 5.98. The minimum atomic E-state index is -4.63. The SMILES string of the molecule is COc1ccc(-c2nc(C(=O)N3CCC(OC)(c4ncccn4)CC3)c(CN)o2)c2ccc(C(F)(F)F)nc12. The van der Waals surface area contributed by atoms with E-state index in [0.717, 1.165) is 6.07 Å². The van der Waals surface area contributed by atoms with E-state index in [1.54, 1.807) is 36.5 Å². The lowest BCUT2D eigenvalue weighted by molar-refractivity contribution is -0.140. The molecule has 1 fully saturated rings. The summed E-state index contributed by atoms with van der Waals surface area (Å²) < 4.78 is 56.8. The Morgan fingerprint density at radius 3 is 2.44 bits per heavy atom. The van der Waals surface area contributed by atoms with Crippen LogP contribution in [0.25, 0.3) is 22.4 Å². The molecule has 1 aliphatic heterocycles. The first kappa shape index (κ1) is 26.5. The van der Waals surface area contributed by atoms with Crippen molar-refractivity contribution in [1.29, 1.82) is 0 Å². The molecule has 4 heterocycles. The van der Waals surface area contributed by atoms with Gasteiger partial charge in [-0.2, -0.15) is 13.2 Å². The van der Waals surface area contributed by atoms with Gasteiger partial charge in [0.15, 0.2) is 17.3 Å². The van der Waals surface area contributed by atoms with Gasteiger partial charge in [0.05, 0.1) is 13.7 Å². The van der Waals surface area contributed by atoms with Crippen molar-refractivity contribution in [2.75, 3.05) is 27.3 Å². The number of carbonyl (C=O) groups is 1. The van der Waals surface area contributed by atoms with Crippen LogP contribution >= 0.6 is 0 Å². The minimum absolute atomic E-state index is 0.0136. The maximum absolute atomic E-state index is 13.5. The van der Waals surface area contributed by atoms with Crippen LogP contribution in [0.15, 0.2) is 47.1 Å². The molecule has 0 saturated carbocycles. The smallest absolute Gasteiger partial charge is 0.433 e. The van der Waals surface area contributed by atoms with Crippen molar-refractivity contribution in [2.24, 2.45) is 5.73 Å². The second-order valence-electron chi connectivity index (χ2n) is 8.96. The number of piperidine rings is 1. The number of oxazole rings is 1. The second kappa shape index (κ2) is 10.2. The first-order valence-corrected chi connectivity index (χ1v) is 12.1. The summed E-state index contributed by atoms with van der Waals surface area (Å²) in [5, 5.41) is 0.317. The molecule has 0 unspecified atom stereocenters. The molecule has 13 heteroatoms. The molecular weight excluding hydrogens is 517 g/mol. The van der Waals surface area contributed by atoms with Crippen LogP contribution in [0.4, 0.5) is 13.2 Å². The zero-order chi connectivity index (χ0) is 27.8. The van der Waals surface area contributed by atoms with E-state index in [1.165, 1.54) is 19.2 Å². The van der Waals surface area contributed by atoms with Gasteiger partial charge in [0, 0.05) is 56.4 Å². The predicted molar refractivity (Wildman–Crippen MR) is 133 cm³/mol. The lowest BCUT2D eigenvalue weighted by Gasteiger charge is -2.39. The number of ether oxygens (including phenoxy) is 2. The molecule has 0 spiro atoms. The van der Waals surface area contributed by atoms with Crippen LogP contribution in [0.2, 0.25) is 0 Å². The van der Waals surface area contributed by atoms with Gasteiger partial charge in [-0.05, 0) is 30.3 Å². The number of alkyl halides is 3. The molecular formula is C26H25F3N6O4. The fourth-order valence-corrected chi connectivity index (χ4v) is 4.75. The van der Waals surface area contributed by atoms with E-state index < -0.39 is 17.5 Å². The summed E-state index contributed by atoms with van der Waals surface area (Å²) in [5.74, 6) is 0.529. The Morgan fingerprint density at radius 1 is 1.10 bits per heavy atom. The summed E-state index contributed by atoms with van der Waals surface area (Å²) in [5.41, 5.74) is 4.47. The Labute approximate surface area is 221 Å². The number of nitrogens with zero attached hydrogens (tertiary/aromatic N) is 5. The van der Waals surface area contributed by atoms with Crippen molar-refractivity contribution in [1.82, 2.24) is 24.8 Å². The van der Waals surface area contributed by atoms with Gasteiger partial charge < -0.3 is 24.5 Å². The van der Waals surface area contributed by atoms with Gasteiger partial charge in [-0.1, -0.05) is 0 Å². The Kier molecular flexibility index (Phi) is 6.95. The van der Waals surface area contributed by atoms with Gasteiger partial charge >= 0.3 is 6.18 Å². The molecule has 2 N–H and O–H groups in total. The van der Waals surface area contributed by atoms with E-state index in [-0.39, 0.29) is 41.1 Å². The maximum Gasteiger partial charge on any atom is 0.433 e. The van der Waals surface area contributed by atoms with Crippen molar-refractivity contribution in [3.63, 3.8) is 0 Å². The standard InChI is InChI=1S/C26H25F3N6O4/c1-37-17-6-4-16(15-5-7-19(26(27,28)29)33-20(15)17)22-34-21(18(14-30)39-22)23(36)35-12-8-25(38-2,9-13-35)24-31-10-3-11-32-24/h3-7,10-11H,8-9,12-14,30H2,1-2H3. The predicted octanol–water partition coefficient (Wildman–Crippen LogP) is 3.94. The molecule has 5 rings (SSSR count). The highest BCUT2D eigenvalue weighted by Crippen LogP contribution is 2.38. The maximum atomic E-state index is 13.5. The first-order chi connectivity index (χ1) is 18.7. The van der Waals surface area contributed by atoms with E-state index in [2.05, 4.69) is 19.9 Å². The van der Waals surface area contributed by atoms with Crippen molar-refractivity contribution in [3.05, 3.63) is 65.7 Å². The summed E-state index contributed by atoms with van der Waals surface area (Å²) in [6.45, 7) is 0.603. The van der Waals surface area contributed by atoms with E-state index in [4.69, 9.17) is 19.6 Å². The molecule has 0 atom stereocenters. The van der Waals surface area contributed by atoms with Crippen molar-refractivity contribution in [2.45, 2.75) is 31.2 Å². The third-order valence-corrected chi connectivity index (χ3v) is 6.87. The molecule has 4 aromatic rings. The number of carbonyl (C=O) groups excluding carboxylic acids is 1. The van der Waals surface area contributed by atoms with Gasteiger partial charge in [-0.15, -0.1) is 0 Å². The number of rotatable bonds is 6. The van der Waals surface area contributed by atoms with Crippen LogP contribution in [0.1, 0.15) is 40.6 Å². The quantitative estimate of drug-likeness (QED) is 0.385. The van der Waals surface area contributed by atoms with Crippen molar-refractivity contribution >= 4 is 16.8 Å². The lowest BCUT2D eigenvalue weighted by atomic mass is 9.90. The first-order valence-electron chi connectivity index (χ1n) is 12.1. The number of amides is 1. The Hall–Kier alpha value is -4.10. The lowest BCUT2D eigenvalue weighted by Crippen LogP contribution is -2.47. The molecule has 1 aromatic carbocycles. The van der Waals surface area contributed by atoms with Gasteiger partial charge in [-0.3, -0.25) is 4.79 Å². The summed E-state index contributed by atoms with van der Waals surface area (Å²) in [7, 11) is 2.93. The summed E-state index contributed by atoms with van der Waals surface area (Å²) in [6, 6.07) is 6.93. The molecule has 10 nitrogen and oxygen atoms in total. The van der Waals surface area contributed by atoms with E-state index in [0.29, 0.717) is 42.7 Å². The zero-order valence-corrected chi connectivity index (χ0v) is 21.2. The fraction of sp³-hybridized carbons (Fsp3) is 0.346. The van der Waals surface area contributed by atoms with Crippen LogP contribution in [-0.4, -0.2) is 58.1 Å². The summed E-state index contributed by atoms with van der Waals surface area (Å²) >= 11 is 0. The third-order valence-electron chi connectivity index (χ3n) is 6.87. The number of hydrogen-bond donors (Lipinski definition) is 1. The molecule has 204 valence electrons. The van der Waals surface area contributed by atoms with Crippen LogP contribution < -0.4 is 10.5 Å². The molecule has 0 radical (unpaired) electrons. The summed E-state index contributed by atoms with van der Waals surface area (Å²) in [6.07, 6.45) is -0.400. The third kappa shape index (κ3) is 4.79.